The van der Waals surface area contributed by atoms with Crippen molar-refractivity contribution in [2.24, 2.45) is 0 Å². The van der Waals surface area contributed by atoms with E-state index in [1.807, 2.05) is 13.8 Å². The summed E-state index contributed by atoms with van der Waals surface area (Å²) >= 11 is 0. The topological polar surface area (TPSA) is 50.7 Å². The molecule has 0 bridgehead atoms. The first-order valence-corrected chi connectivity index (χ1v) is 6.86. The van der Waals surface area contributed by atoms with Crippen LogP contribution in [0.15, 0.2) is 18.2 Å². The first-order chi connectivity index (χ1) is 9.49. The second-order valence-electron chi connectivity index (χ2n) is 4.99. The van der Waals surface area contributed by atoms with Crippen molar-refractivity contribution in [1.29, 1.82) is 0 Å². The molecule has 1 unspecified atom stereocenters. The van der Waals surface area contributed by atoms with Crippen LogP contribution < -0.4 is 5.32 Å². The minimum atomic E-state index is -0.612. The number of anilines is 1. The van der Waals surface area contributed by atoms with Gasteiger partial charge in [-0.2, -0.15) is 0 Å². The Bertz CT molecular complexity index is 399. The van der Waals surface area contributed by atoms with Crippen molar-refractivity contribution in [1.82, 2.24) is 0 Å². The van der Waals surface area contributed by atoms with Gasteiger partial charge in [0, 0.05) is 12.2 Å². The van der Waals surface area contributed by atoms with E-state index in [0.29, 0.717) is 25.3 Å². The number of rotatable bonds is 9. The number of hydrogen-bond acceptors (Lipinski definition) is 4. The molecule has 0 aliphatic rings. The highest BCUT2D eigenvalue weighted by atomic mass is 19.1. The van der Waals surface area contributed by atoms with E-state index in [9.17, 15) is 9.50 Å². The summed E-state index contributed by atoms with van der Waals surface area (Å²) in [7, 11) is 0. The lowest BCUT2D eigenvalue weighted by Crippen LogP contribution is -2.26. The lowest BCUT2D eigenvalue weighted by atomic mass is 10.2. The van der Waals surface area contributed by atoms with E-state index in [1.165, 1.54) is 6.07 Å². The van der Waals surface area contributed by atoms with E-state index >= 15 is 0 Å². The molecular formula is C15H24FNO3. The quantitative estimate of drug-likeness (QED) is 0.684. The van der Waals surface area contributed by atoms with E-state index < -0.39 is 6.10 Å². The minimum Gasteiger partial charge on any atom is -0.389 e. The second kappa shape index (κ2) is 8.89. The summed E-state index contributed by atoms with van der Waals surface area (Å²) in [6.07, 6.45) is -0.425. The normalized spacial score (nSPS) is 12.7. The Hall–Kier alpha value is -1.17. The van der Waals surface area contributed by atoms with Gasteiger partial charge in [0.2, 0.25) is 0 Å². The van der Waals surface area contributed by atoms with Crippen LogP contribution in [0.5, 0.6) is 0 Å². The molecule has 0 aliphatic carbocycles. The smallest absolute Gasteiger partial charge is 0.126 e. The molecule has 0 spiro atoms. The maximum atomic E-state index is 13.1. The van der Waals surface area contributed by atoms with Crippen molar-refractivity contribution in [3.8, 4) is 0 Å². The summed E-state index contributed by atoms with van der Waals surface area (Å²) in [5.74, 6) is -0.232. The van der Waals surface area contributed by atoms with Crippen molar-refractivity contribution in [3.05, 3.63) is 29.6 Å². The summed E-state index contributed by atoms with van der Waals surface area (Å²) in [6.45, 7) is 7.21. The number of aliphatic hydroxyl groups excluding tert-OH is 1. The standard InChI is InChI=1S/C15H24FNO3/c1-11(2)20-7-6-19-10-14(18)9-17-13-4-5-15(16)12(3)8-13/h4-5,8,11,14,17-18H,6-7,9-10H2,1-3H3. The zero-order chi connectivity index (χ0) is 15.0. The Morgan fingerprint density at radius 2 is 2.05 bits per heavy atom. The van der Waals surface area contributed by atoms with Gasteiger partial charge in [0.25, 0.3) is 0 Å². The van der Waals surface area contributed by atoms with Crippen molar-refractivity contribution < 1.29 is 19.0 Å². The second-order valence-corrected chi connectivity index (χ2v) is 4.99. The summed E-state index contributed by atoms with van der Waals surface area (Å²) < 4.78 is 23.7. The average Bonchev–Trinajstić information content (AvgIpc) is 2.39. The van der Waals surface area contributed by atoms with Crippen LogP contribution in [-0.2, 0) is 9.47 Å². The van der Waals surface area contributed by atoms with E-state index in [-0.39, 0.29) is 18.5 Å². The van der Waals surface area contributed by atoms with E-state index in [4.69, 9.17) is 9.47 Å². The minimum absolute atomic E-state index is 0.187. The zero-order valence-corrected chi connectivity index (χ0v) is 12.4. The molecule has 4 nitrogen and oxygen atoms in total. The molecule has 5 heteroatoms. The molecule has 1 aromatic carbocycles. The van der Waals surface area contributed by atoms with Crippen LogP contribution >= 0.6 is 0 Å². The summed E-state index contributed by atoms with van der Waals surface area (Å²) in [5.41, 5.74) is 1.36. The number of aryl methyl sites for hydroxylation is 1. The predicted octanol–water partition coefficient (Wildman–Crippen LogP) is 2.35. The largest absolute Gasteiger partial charge is 0.389 e. The molecule has 0 aliphatic heterocycles. The fourth-order valence-corrected chi connectivity index (χ4v) is 1.61. The molecule has 0 heterocycles. The number of nitrogens with one attached hydrogen (secondary N) is 1. The lowest BCUT2D eigenvalue weighted by Gasteiger charge is -2.14. The van der Waals surface area contributed by atoms with Crippen LogP contribution in [0.2, 0.25) is 0 Å². The number of ether oxygens (including phenoxy) is 2. The predicted molar refractivity (Wildman–Crippen MR) is 77.5 cm³/mol. The first-order valence-electron chi connectivity index (χ1n) is 6.86. The SMILES string of the molecule is Cc1cc(NCC(O)COCCOC(C)C)ccc1F. The molecule has 0 amide bonds. The Morgan fingerprint density at radius 1 is 1.30 bits per heavy atom. The van der Waals surface area contributed by atoms with Gasteiger partial charge in [0.1, 0.15) is 5.82 Å². The van der Waals surface area contributed by atoms with Gasteiger partial charge in [-0.25, -0.2) is 4.39 Å². The van der Waals surface area contributed by atoms with Crippen LogP contribution in [0.25, 0.3) is 0 Å². The molecule has 0 radical (unpaired) electrons. The van der Waals surface area contributed by atoms with Crippen LogP contribution in [0.1, 0.15) is 19.4 Å². The molecule has 2 N–H and O–H groups in total. The molecule has 1 atom stereocenters. The van der Waals surface area contributed by atoms with Crippen LogP contribution in [-0.4, -0.2) is 43.7 Å². The molecule has 1 aromatic rings. The highest BCUT2D eigenvalue weighted by molar-refractivity contribution is 5.45. The third-order valence-corrected chi connectivity index (χ3v) is 2.69. The summed E-state index contributed by atoms with van der Waals surface area (Å²) in [4.78, 5) is 0. The highest BCUT2D eigenvalue weighted by Crippen LogP contribution is 2.13. The highest BCUT2D eigenvalue weighted by Gasteiger charge is 2.05. The first kappa shape index (κ1) is 16.9. The number of hydrogen-bond donors (Lipinski definition) is 2. The van der Waals surface area contributed by atoms with Gasteiger partial charge in [-0.05, 0) is 44.5 Å². The van der Waals surface area contributed by atoms with Crippen molar-refractivity contribution in [3.63, 3.8) is 0 Å². The van der Waals surface area contributed by atoms with E-state index in [1.54, 1.807) is 19.1 Å². The number of aliphatic hydroxyl groups is 1. The third-order valence-electron chi connectivity index (χ3n) is 2.69. The zero-order valence-electron chi connectivity index (χ0n) is 12.4. The average molecular weight is 285 g/mol. The van der Waals surface area contributed by atoms with Gasteiger partial charge in [0.05, 0.1) is 32.0 Å². The van der Waals surface area contributed by atoms with Crippen LogP contribution in [0.4, 0.5) is 10.1 Å². The van der Waals surface area contributed by atoms with Crippen molar-refractivity contribution >= 4 is 5.69 Å². The molecule has 0 saturated carbocycles. The van der Waals surface area contributed by atoms with Crippen LogP contribution in [0.3, 0.4) is 0 Å². The molecular weight excluding hydrogens is 261 g/mol. The molecule has 0 saturated heterocycles. The Balaban J connectivity index is 2.16. The van der Waals surface area contributed by atoms with Crippen molar-refractivity contribution in [2.45, 2.75) is 33.0 Å². The molecule has 0 aromatic heterocycles. The van der Waals surface area contributed by atoms with Gasteiger partial charge in [-0.1, -0.05) is 0 Å². The Labute approximate surface area is 119 Å². The van der Waals surface area contributed by atoms with Crippen LogP contribution in [0, 0.1) is 12.7 Å². The van der Waals surface area contributed by atoms with Gasteiger partial charge in [-0.3, -0.25) is 0 Å². The number of halogens is 1. The fraction of sp³-hybridized carbons (Fsp3) is 0.600. The number of benzene rings is 1. The summed E-state index contributed by atoms with van der Waals surface area (Å²) in [5, 5.41) is 12.8. The monoisotopic (exact) mass is 285 g/mol. The van der Waals surface area contributed by atoms with Gasteiger partial charge < -0.3 is 19.9 Å². The molecule has 114 valence electrons. The fourth-order valence-electron chi connectivity index (χ4n) is 1.61. The lowest BCUT2D eigenvalue weighted by molar-refractivity contribution is -0.00734. The molecule has 0 fully saturated rings. The van der Waals surface area contributed by atoms with Gasteiger partial charge in [0.15, 0.2) is 0 Å². The van der Waals surface area contributed by atoms with E-state index in [0.717, 1.165) is 5.69 Å². The maximum Gasteiger partial charge on any atom is 0.126 e. The third kappa shape index (κ3) is 6.84. The Kier molecular flexibility index (Phi) is 7.51. The van der Waals surface area contributed by atoms with Crippen molar-refractivity contribution in [2.75, 3.05) is 31.7 Å². The van der Waals surface area contributed by atoms with E-state index in [2.05, 4.69) is 5.32 Å². The summed E-state index contributed by atoms with van der Waals surface area (Å²) in [6, 6.07) is 4.76. The molecule has 20 heavy (non-hydrogen) atoms. The maximum absolute atomic E-state index is 13.1. The van der Waals surface area contributed by atoms with Gasteiger partial charge in [-0.15, -0.1) is 0 Å². The Morgan fingerprint density at radius 3 is 2.70 bits per heavy atom. The molecule has 1 rings (SSSR count). The van der Waals surface area contributed by atoms with Gasteiger partial charge >= 0.3 is 0 Å².